The first kappa shape index (κ1) is 16.2. The van der Waals surface area contributed by atoms with E-state index < -0.39 is 0 Å². The van der Waals surface area contributed by atoms with Crippen LogP contribution in [0.5, 0.6) is 0 Å². The van der Waals surface area contributed by atoms with Crippen molar-refractivity contribution < 1.29 is 4.79 Å². The van der Waals surface area contributed by atoms with Gasteiger partial charge < -0.3 is 9.30 Å². The van der Waals surface area contributed by atoms with Gasteiger partial charge in [-0.05, 0) is 37.1 Å². The molecule has 1 aromatic carbocycles. The van der Waals surface area contributed by atoms with Crippen LogP contribution in [0.15, 0.2) is 60.9 Å². The zero-order valence-electron chi connectivity index (χ0n) is 14.2. The summed E-state index contributed by atoms with van der Waals surface area (Å²) in [4.78, 5) is 19.4. The van der Waals surface area contributed by atoms with Crippen molar-refractivity contribution >= 4 is 17.2 Å². The van der Waals surface area contributed by atoms with Crippen LogP contribution < -0.4 is 4.90 Å². The summed E-state index contributed by atoms with van der Waals surface area (Å²) in [6.07, 6.45) is 5.55. The maximum Gasteiger partial charge on any atom is 0.230 e. The molecule has 124 valence electrons. The first-order chi connectivity index (χ1) is 11.7. The van der Waals surface area contributed by atoms with Gasteiger partial charge in [-0.3, -0.25) is 4.79 Å². The van der Waals surface area contributed by atoms with Gasteiger partial charge in [0.1, 0.15) is 5.65 Å². The summed E-state index contributed by atoms with van der Waals surface area (Å²) in [6.45, 7) is 4.66. The van der Waals surface area contributed by atoms with Crippen molar-refractivity contribution in [3.63, 3.8) is 0 Å². The van der Waals surface area contributed by atoms with Crippen molar-refractivity contribution in [2.24, 2.45) is 5.92 Å². The van der Waals surface area contributed by atoms with Gasteiger partial charge in [-0.25, -0.2) is 4.98 Å². The minimum Gasteiger partial charge on any atom is -0.306 e. The Balaban J connectivity index is 1.97. The summed E-state index contributed by atoms with van der Waals surface area (Å²) in [5.74, 6) is 0.224. The fourth-order valence-corrected chi connectivity index (χ4v) is 3.03. The molecule has 0 saturated heterocycles. The molecule has 0 atom stereocenters. The number of carbonyl (C=O) groups excluding carboxylic acids is 1. The van der Waals surface area contributed by atoms with Crippen molar-refractivity contribution in [3.8, 4) is 0 Å². The third kappa shape index (κ3) is 3.18. The number of pyridine rings is 1. The average Bonchev–Trinajstić information content (AvgIpc) is 3.04. The van der Waals surface area contributed by atoms with Crippen molar-refractivity contribution in [2.75, 3.05) is 4.90 Å². The van der Waals surface area contributed by atoms with Crippen LogP contribution in [0.25, 0.3) is 5.65 Å². The van der Waals surface area contributed by atoms with Crippen LogP contribution in [0.4, 0.5) is 5.69 Å². The molecule has 3 aromatic rings. The molecule has 0 unspecified atom stereocenters. The Morgan fingerprint density at radius 3 is 2.50 bits per heavy atom. The van der Waals surface area contributed by atoms with Crippen LogP contribution in [0, 0.1) is 5.92 Å². The van der Waals surface area contributed by atoms with Gasteiger partial charge in [0.05, 0.1) is 18.4 Å². The van der Waals surface area contributed by atoms with Crippen LogP contribution in [0.1, 0.15) is 32.4 Å². The van der Waals surface area contributed by atoms with E-state index in [1.807, 2.05) is 70.2 Å². The summed E-state index contributed by atoms with van der Waals surface area (Å²) in [6, 6.07) is 15.8. The predicted molar refractivity (Wildman–Crippen MR) is 96.9 cm³/mol. The highest BCUT2D eigenvalue weighted by atomic mass is 16.2. The van der Waals surface area contributed by atoms with Gasteiger partial charge in [-0.15, -0.1) is 0 Å². The van der Waals surface area contributed by atoms with Crippen LogP contribution in [0.2, 0.25) is 0 Å². The Bertz CT molecular complexity index is 806. The first-order valence-corrected chi connectivity index (χ1v) is 8.52. The number of fused-ring (bicyclic) bond motifs is 1. The lowest BCUT2D eigenvalue weighted by atomic mass is 10.0. The maximum absolute atomic E-state index is 13.1. The number of nitrogens with zero attached hydrogens (tertiary/aromatic N) is 3. The standard InChI is InChI=1S/C20H23N3O/c1-3-16(4-2)20(24)23(17-10-6-5-7-11-17)15-18-14-21-19-12-8-9-13-22(18)19/h5-14,16H,3-4,15H2,1-2H3. The number of para-hydroxylation sites is 1. The molecule has 2 aromatic heterocycles. The van der Waals surface area contributed by atoms with Crippen LogP contribution in [-0.4, -0.2) is 15.3 Å². The van der Waals surface area contributed by atoms with Gasteiger partial charge in [0.2, 0.25) is 5.91 Å². The van der Waals surface area contributed by atoms with Crippen molar-refractivity contribution in [2.45, 2.75) is 33.2 Å². The van der Waals surface area contributed by atoms with E-state index in [0.717, 1.165) is 29.9 Å². The molecule has 3 rings (SSSR count). The molecule has 24 heavy (non-hydrogen) atoms. The molecule has 2 heterocycles. The third-order valence-electron chi connectivity index (χ3n) is 4.48. The number of benzene rings is 1. The van der Waals surface area contributed by atoms with Crippen molar-refractivity contribution in [1.29, 1.82) is 0 Å². The zero-order valence-corrected chi connectivity index (χ0v) is 14.2. The van der Waals surface area contributed by atoms with Crippen LogP contribution in [-0.2, 0) is 11.3 Å². The number of carbonyl (C=O) groups is 1. The molecule has 0 fully saturated rings. The van der Waals surface area contributed by atoms with Gasteiger partial charge in [0.25, 0.3) is 0 Å². The Morgan fingerprint density at radius 1 is 1.08 bits per heavy atom. The van der Waals surface area contributed by atoms with Gasteiger partial charge >= 0.3 is 0 Å². The molecule has 0 bridgehead atoms. The lowest BCUT2D eigenvalue weighted by Crippen LogP contribution is -2.35. The lowest BCUT2D eigenvalue weighted by Gasteiger charge is -2.26. The molecule has 0 spiro atoms. The van der Waals surface area contributed by atoms with Gasteiger partial charge in [-0.1, -0.05) is 38.1 Å². The second-order valence-corrected chi connectivity index (χ2v) is 5.95. The number of hydrogen-bond acceptors (Lipinski definition) is 2. The number of anilines is 1. The lowest BCUT2D eigenvalue weighted by molar-refractivity contribution is -0.122. The molecular weight excluding hydrogens is 298 g/mol. The molecule has 0 aliphatic rings. The van der Waals surface area contributed by atoms with Crippen molar-refractivity contribution in [3.05, 3.63) is 66.6 Å². The van der Waals surface area contributed by atoms with E-state index >= 15 is 0 Å². The number of hydrogen-bond donors (Lipinski definition) is 0. The van der Waals surface area contributed by atoms with E-state index in [-0.39, 0.29) is 11.8 Å². The van der Waals surface area contributed by atoms with Crippen molar-refractivity contribution in [1.82, 2.24) is 9.38 Å². The molecule has 1 amide bonds. The van der Waals surface area contributed by atoms with Gasteiger partial charge in [-0.2, -0.15) is 0 Å². The largest absolute Gasteiger partial charge is 0.306 e. The van der Waals surface area contributed by atoms with E-state index in [9.17, 15) is 4.79 Å². The minimum absolute atomic E-state index is 0.0457. The number of amides is 1. The fraction of sp³-hybridized carbons (Fsp3) is 0.300. The predicted octanol–water partition coefficient (Wildman–Crippen LogP) is 4.30. The Labute approximate surface area is 142 Å². The molecule has 0 aliphatic carbocycles. The highest BCUT2D eigenvalue weighted by Crippen LogP contribution is 2.22. The molecule has 0 radical (unpaired) electrons. The Morgan fingerprint density at radius 2 is 1.79 bits per heavy atom. The number of rotatable bonds is 6. The summed E-state index contributed by atoms with van der Waals surface area (Å²) in [5.41, 5.74) is 2.84. The molecule has 0 N–H and O–H groups in total. The average molecular weight is 321 g/mol. The zero-order chi connectivity index (χ0) is 16.9. The normalized spacial score (nSPS) is 11.1. The van der Waals surface area contributed by atoms with E-state index in [1.54, 1.807) is 0 Å². The molecular formula is C20H23N3O. The second kappa shape index (κ2) is 7.30. The minimum atomic E-state index is 0.0457. The number of imidazole rings is 1. The summed E-state index contributed by atoms with van der Waals surface area (Å²) in [5, 5.41) is 0. The summed E-state index contributed by atoms with van der Waals surface area (Å²) >= 11 is 0. The molecule has 0 saturated carbocycles. The monoisotopic (exact) mass is 321 g/mol. The van der Waals surface area contributed by atoms with Gasteiger partial charge in [0.15, 0.2) is 0 Å². The van der Waals surface area contributed by atoms with Crippen LogP contribution >= 0.6 is 0 Å². The Hall–Kier alpha value is -2.62. The van der Waals surface area contributed by atoms with Gasteiger partial charge in [0, 0.05) is 17.8 Å². The highest BCUT2D eigenvalue weighted by Gasteiger charge is 2.24. The second-order valence-electron chi connectivity index (χ2n) is 5.95. The summed E-state index contributed by atoms with van der Waals surface area (Å²) in [7, 11) is 0. The molecule has 0 aliphatic heterocycles. The van der Waals surface area contributed by atoms with E-state index in [2.05, 4.69) is 18.8 Å². The molecule has 4 heteroatoms. The van der Waals surface area contributed by atoms with Crippen LogP contribution in [0.3, 0.4) is 0 Å². The molecule has 4 nitrogen and oxygen atoms in total. The van der Waals surface area contributed by atoms with E-state index in [0.29, 0.717) is 6.54 Å². The van der Waals surface area contributed by atoms with E-state index in [4.69, 9.17) is 0 Å². The fourth-order valence-electron chi connectivity index (χ4n) is 3.03. The quantitative estimate of drug-likeness (QED) is 0.678. The summed E-state index contributed by atoms with van der Waals surface area (Å²) < 4.78 is 2.04. The Kier molecular flexibility index (Phi) is 4.94. The third-order valence-corrected chi connectivity index (χ3v) is 4.48. The first-order valence-electron chi connectivity index (χ1n) is 8.52. The number of aromatic nitrogens is 2. The SMILES string of the molecule is CCC(CC)C(=O)N(Cc1cnc2ccccn12)c1ccccc1. The van der Waals surface area contributed by atoms with E-state index in [1.165, 1.54) is 0 Å². The smallest absolute Gasteiger partial charge is 0.230 e. The topological polar surface area (TPSA) is 37.6 Å². The maximum atomic E-state index is 13.1. The highest BCUT2D eigenvalue weighted by molar-refractivity contribution is 5.94.